The summed E-state index contributed by atoms with van der Waals surface area (Å²) in [6.07, 6.45) is 4.16. The van der Waals surface area contributed by atoms with E-state index in [1.165, 1.54) is 9.87 Å². The number of Topliss-reactive ketones (excluding diaryl/α,β-unsaturated/α-hetero) is 1. The van der Waals surface area contributed by atoms with E-state index in [0.29, 0.717) is 30.8 Å². The molecule has 3 rings (SSSR count). The van der Waals surface area contributed by atoms with Gasteiger partial charge >= 0.3 is 0 Å². The zero-order valence-corrected chi connectivity index (χ0v) is 13.2. The van der Waals surface area contributed by atoms with Gasteiger partial charge in [-0.1, -0.05) is 13.0 Å². The molecule has 1 aromatic rings. The van der Waals surface area contributed by atoms with Gasteiger partial charge in [0.25, 0.3) is 0 Å². The van der Waals surface area contributed by atoms with Gasteiger partial charge in [0.2, 0.25) is 10.0 Å². The lowest BCUT2D eigenvalue weighted by Crippen LogP contribution is -2.43. The summed E-state index contributed by atoms with van der Waals surface area (Å²) in [5.41, 5.74) is 2.44. The Kier molecular flexibility index (Phi) is 3.88. The van der Waals surface area contributed by atoms with Crippen molar-refractivity contribution < 1.29 is 13.2 Å². The second-order valence-corrected chi connectivity index (χ2v) is 7.91. The molecule has 1 aromatic carbocycles. The van der Waals surface area contributed by atoms with E-state index in [-0.39, 0.29) is 11.7 Å². The van der Waals surface area contributed by atoms with Crippen LogP contribution in [0, 0.1) is 5.92 Å². The van der Waals surface area contributed by atoms with E-state index in [9.17, 15) is 13.2 Å². The number of ketones is 1. The number of carbonyl (C=O) groups excluding carboxylic acids is 1. The average molecular weight is 307 g/mol. The van der Waals surface area contributed by atoms with Crippen LogP contribution in [-0.2, 0) is 27.7 Å². The summed E-state index contributed by atoms with van der Waals surface area (Å²) in [5.74, 6) is 0.0425. The molecule has 0 N–H and O–H groups in total. The Morgan fingerprint density at radius 2 is 1.95 bits per heavy atom. The quantitative estimate of drug-likeness (QED) is 0.860. The first-order chi connectivity index (χ1) is 10.0. The molecule has 4 nitrogen and oxygen atoms in total. The molecule has 21 heavy (non-hydrogen) atoms. The summed E-state index contributed by atoms with van der Waals surface area (Å²) in [7, 11) is -3.47. The maximum absolute atomic E-state index is 12.8. The minimum absolute atomic E-state index is 0.150. The number of sulfonamides is 1. The van der Waals surface area contributed by atoms with Crippen LogP contribution in [0.3, 0.4) is 0 Å². The van der Waals surface area contributed by atoms with Crippen LogP contribution < -0.4 is 0 Å². The van der Waals surface area contributed by atoms with Gasteiger partial charge in [-0.3, -0.25) is 4.79 Å². The average Bonchev–Trinajstić information content (AvgIpc) is 2.94. The van der Waals surface area contributed by atoms with Crippen LogP contribution in [0.1, 0.15) is 37.3 Å². The maximum Gasteiger partial charge on any atom is 0.243 e. The lowest BCUT2D eigenvalue weighted by atomic mass is 9.96. The molecule has 1 unspecified atom stereocenters. The summed E-state index contributed by atoms with van der Waals surface area (Å²) in [6.45, 7) is 2.58. The number of aryl methyl sites for hydroxylation is 2. The van der Waals surface area contributed by atoms with E-state index >= 15 is 0 Å². The lowest BCUT2D eigenvalue weighted by molar-refractivity contribution is -0.125. The van der Waals surface area contributed by atoms with Crippen molar-refractivity contribution in [3.05, 3.63) is 29.3 Å². The van der Waals surface area contributed by atoms with Crippen LogP contribution >= 0.6 is 0 Å². The standard InChI is InChI=1S/C16H21NO3S/c1-2-12-11-17(9-8-16(12)18)21(19,20)15-7-6-13-4-3-5-14(13)10-15/h6-7,10,12H,2-5,8-9,11H2,1H3. The molecule has 2 aliphatic rings. The second kappa shape index (κ2) is 5.54. The number of rotatable bonds is 3. The van der Waals surface area contributed by atoms with Gasteiger partial charge in [0.15, 0.2) is 0 Å². The third-order valence-electron chi connectivity index (χ3n) is 4.69. The van der Waals surface area contributed by atoms with E-state index < -0.39 is 10.0 Å². The van der Waals surface area contributed by atoms with Gasteiger partial charge in [-0.15, -0.1) is 0 Å². The number of hydrogen-bond donors (Lipinski definition) is 0. The van der Waals surface area contributed by atoms with Gasteiger partial charge in [-0.2, -0.15) is 4.31 Å². The molecule has 0 spiro atoms. The Balaban J connectivity index is 1.88. The molecule has 1 aliphatic carbocycles. The van der Waals surface area contributed by atoms with Gasteiger partial charge in [0, 0.05) is 25.4 Å². The highest BCUT2D eigenvalue weighted by molar-refractivity contribution is 7.89. The Morgan fingerprint density at radius 1 is 1.19 bits per heavy atom. The summed E-state index contributed by atoms with van der Waals surface area (Å²) < 4.78 is 27.0. The van der Waals surface area contributed by atoms with Gasteiger partial charge in [0.05, 0.1) is 4.90 Å². The van der Waals surface area contributed by atoms with E-state index in [4.69, 9.17) is 0 Å². The largest absolute Gasteiger partial charge is 0.299 e. The first-order valence-electron chi connectivity index (χ1n) is 7.67. The number of hydrogen-bond acceptors (Lipinski definition) is 3. The van der Waals surface area contributed by atoms with E-state index in [1.807, 2.05) is 19.1 Å². The van der Waals surface area contributed by atoms with Crippen molar-refractivity contribution in [1.29, 1.82) is 0 Å². The minimum Gasteiger partial charge on any atom is -0.299 e. The molecule has 0 bridgehead atoms. The van der Waals surface area contributed by atoms with E-state index in [2.05, 4.69) is 0 Å². The first kappa shape index (κ1) is 14.7. The topological polar surface area (TPSA) is 54.5 Å². The van der Waals surface area contributed by atoms with Crippen molar-refractivity contribution in [2.45, 2.75) is 43.9 Å². The monoisotopic (exact) mass is 307 g/mol. The van der Waals surface area contributed by atoms with E-state index in [0.717, 1.165) is 24.8 Å². The SMILES string of the molecule is CCC1CN(S(=O)(=O)c2ccc3c(c2)CCC3)CCC1=O. The van der Waals surface area contributed by atoms with Crippen LogP contribution in [0.4, 0.5) is 0 Å². The number of carbonyl (C=O) groups is 1. The fraction of sp³-hybridized carbons (Fsp3) is 0.562. The molecule has 1 atom stereocenters. The van der Waals surface area contributed by atoms with Crippen LogP contribution in [0.5, 0.6) is 0 Å². The van der Waals surface area contributed by atoms with Crippen molar-refractivity contribution >= 4 is 15.8 Å². The van der Waals surface area contributed by atoms with Gasteiger partial charge in [-0.25, -0.2) is 8.42 Å². The van der Waals surface area contributed by atoms with Crippen molar-refractivity contribution in [3.8, 4) is 0 Å². The first-order valence-corrected chi connectivity index (χ1v) is 9.11. The van der Waals surface area contributed by atoms with Crippen molar-refractivity contribution in [2.24, 2.45) is 5.92 Å². The molecule has 114 valence electrons. The Morgan fingerprint density at radius 3 is 2.71 bits per heavy atom. The summed E-state index contributed by atoms with van der Waals surface area (Å²) in [5, 5.41) is 0. The van der Waals surface area contributed by atoms with Crippen molar-refractivity contribution in [1.82, 2.24) is 4.31 Å². The molecule has 0 saturated carbocycles. The molecule has 1 saturated heterocycles. The van der Waals surface area contributed by atoms with Gasteiger partial charge in [0.1, 0.15) is 5.78 Å². The van der Waals surface area contributed by atoms with Crippen LogP contribution in [0.25, 0.3) is 0 Å². The molecule has 0 amide bonds. The molecule has 5 heteroatoms. The highest BCUT2D eigenvalue weighted by atomic mass is 32.2. The summed E-state index contributed by atoms with van der Waals surface area (Å²) in [6, 6.07) is 5.49. The molecule has 1 fully saturated rings. The number of piperidine rings is 1. The number of benzene rings is 1. The van der Waals surface area contributed by atoms with Crippen molar-refractivity contribution in [2.75, 3.05) is 13.1 Å². The molecule has 0 radical (unpaired) electrons. The molecule has 1 heterocycles. The van der Waals surface area contributed by atoms with E-state index in [1.54, 1.807) is 6.07 Å². The third kappa shape index (κ3) is 2.64. The molecule has 1 aliphatic heterocycles. The third-order valence-corrected chi connectivity index (χ3v) is 6.55. The Hall–Kier alpha value is -1.20. The smallest absolute Gasteiger partial charge is 0.243 e. The maximum atomic E-state index is 12.8. The Labute approximate surface area is 126 Å². The zero-order valence-electron chi connectivity index (χ0n) is 12.3. The predicted molar refractivity (Wildman–Crippen MR) is 80.6 cm³/mol. The normalized spacial score (nSPS) is 23.3. The van der Waals surface area contributed by atoms with Gasteiger partial charge < -0.3 is 0 Å². The highest BCUT2D eigenvalue weighted by Gasteiger charge is 2.34. The fourth-order valence-electron chi connectivity index (χ4n) is 3.31. The zero-order chi connectivity index (χ0) is 15.0. The van der Waals surface area contributed by atoms with Gasteiger partial charge in [-0.05, 0) is 48.9 Å². The van der Waals surface area contributed by atoms with Crippen LogP contribution in [0.15, 0.2) is 23.1 Å². The predicted octanol–water partition coefficient (Wildman–Crippen LogP) is 2.17. The summed E-state index contributed by atoms with van der Waals surface area (Å²) >= 11 is 0. The molecular weight excluding hydrogens is 286 g/mol. The minimum atomic E-state index is -3.47. The van der Waals surface area contributed by atoms with Crippen LogP contribution in [0.2, 0.25) is 0 Å². The summed E-state index contributed by atoms with van der Waals surface area (Å²) in [4.78, 5) is 12.1. The second-order valence-electron chi connectivity index (χ2n) is 5.97. The highest BCUT2D eigenvalue weighted by Crippen LogP contribution is 2.28. The van der Waals surface area contributed by atoms with Crippen LogP contribution in [-0.4, -0.2) is 31.6 Å². The fourth-order valence-corrected chi connectivity index (χ4v) is 4.85. The Bertz CT molecular complexity index is 666. The molecular formula is C16H21NO3S. The lowest BCUT2D eigenvalue weighted by Gasteiger charge is -2.30. The number of nitrogens with zero attached hydrogens (tertiary/aromatic N) is 1. The van der Waals surface area contributed by atoms with Crippen molar-refractivity contribution in [3.63, 3.8) is 0 Å². The molecule has 0 aromatic heterocycles. The number of fused-ring (bicyclic) bond motifs is 1.